The molecular weight excluding hydrogens is 1180 g/mol. The molecule has 10 unspecified atom stereocenters. The van der Waals surface area contributed by atoms with Gasteiger partial charge in [0.1, 0.15) is 109 Å². The fourth-order valence-corrected chi connectivity index (χ4v) is 9.51. The summed E-state index contributed by atoms with van der Waals surface area (Å²) in [4.78, 5) is 73.3. The molecular formula is C40H55N3O37S2. The van der Waals surface area contributed by atoms with E-state index >= 15 is 0 Å². The van der Waals surface area contributed by atoms with Crippen LogP contribution >= 0.6 is 0 Å². The van der Waals surface area contributed by atoms with Crippen molar-refractivity contribution in [3.8, 4) is 5.75 Å². The zero-order valence-electron chi connectivity index (χ0n) is 41.6. The highest BCUT2D eigenvalue weighted by molar-refractivity contribution is 7.81. The second-order valence-electron chi connectivity index (χ2n) is 18.4. The summed E-state index contributed by atoms with van der Waals surface area (Å²) in [6.45, 7) is -1.22. The number of hydrogen-bond acceptors (Lipinski definition) is 32. The van der Waals surface area contributed by atoms with Gasteiger partial charge in [-0.25, -0.2) is 22.7 Å². The number of nitro benzene ring substituents is 1. The van der Waals surface area contributed by atoms with Crippen molar-refractivity contribution < 1.29 is 172 Å². The Morgan fingerprint density at radius 2 is 0.854 bits per heavy atom. The molecule has 5 aliphatic heterocycles. The van der Waals surface area contributed by atoms with Gasteiger partial charge in [0.25, 0.3) is 5.69 Å². The molecule has 5 heterocycles. The van der Waals surface area contributed by atoms with Crippen LogP contribution in [0.4, 0.5) is 5.69 Å². The van der Waals surface area contributed by atoms with Crippen LogP contribution in [0.25, 0.3) is 0 Å². The number of aliphatic hydroxyl groups excluding tert-OH is 9. The molecule has 0 saturated carbocycles. The number of amides is 2. The van der Waals surface area contributed by atoms with Crippen molar-refractivity contribution in [2.24, 2.45) is 0 Å². The number of carboxylic acid groups (broad SMARTS) is 3. The summed E-state index contributed by atoms with van der Waals surface area (Å²) >= 11 is 0. The van der Waals surface area contributed by atoms with Crippen LogP contribution in [0.2, 0.25) is 0 Å². The number of aliphatic hydroxyl groups is 9. The van der Waals surface area contributed by atoms with Crippen LogP contribution < -0.4 is 15.4 Å². The first-order chi connectivity index (χ1) is 38.1. The summed E-state index contributed by atoms with van der Waals surface area (Å²) in [7, 11) is -10.9. The predicted molar refractivity (Wildman–Crippen MR) is 244 cm³/mol. The van der Waals surface area contributed by atoms with Gasteiger partial charge in [0, 0.05) is 26.0 Å². The fourth-order valence-electron chi connectivity index (χ4n) is 8.90. The molecule has 0 radical (unpaired) electrons. The molecule has 1 aromatic carbocycles. The fraction of sp³-hybridized carbons (Fsp3) is 0.725. The molecule has 42 heteroatoms. The molecule has 6 rings (SSSR count). The molecule has 464 valence electrons. The average Bonchev–Trinajstić information content (AvgIpc) is 3.47. The minimum atomic E-state index is -5.44. The van der Waals surface area contributed by atoms with Crippen LogP contribution in [0.5, 0.6) is 5.75 Å². The van der Waals surface area contributed by atoms with Crippen LogP contribution in [0, 0.1) is 10.1 Å². The number of ether oxygens (including phenoxy) is 10. The SMILES string of the molecule is CC(=O)NC1[C@H](O[C@@H]2C(C(=O)O)O[C@@H](O[C@@H]3C(NC(C)=O)[C@H](O[C@@H]4C(C(=O)O)O[C@@H](Oc5ccc([N+](=O)[O-])cc5)C(O)[C@H]4O)OC(COS(=O)(=O)O)[C@@H]3O)C(O)[C@H]2O)OC(COS(=O)(=O)O)[C@H](O)[C@@H]1O[C@@H]1OC(C(=O)O)[C@@H](O)[C@H](O)C1O. The maximum atomic E-state index is 13.0. The van der Waals surface area contributed by atoms with Crippen LogP contribution in [-0.4, -0.2) is 288 Å². The molecule has 5 saturated heterocycles. The topological polar surface area (TPSA) is 615 Å². The third-order valence-electron chi connectivity index (χ3n) is 12.7. The Bertz CT molecular complexity index is 2670. The Morgan fingerprint density at radius 3 is 1.22 bits per heavy atom. The zero-order chi connectivity index (χ0) is 61.2. The van der Waals surface area contributed by atoms with E-state index < -0.39 is 228 Å². The molecule has 1 aromatic rings. The van der Waals surface area contributed by atoms with E-state index in [2.05, 4.69) is 19.0 Å². The lowest BCUT2D eigenvalue weighted by Gasteiger charge is -2.50. The molecule has 25 atom stereocenters. The number of carboxylic acids is 3. The van der Waals surface area contributed by atoms with Gasteiger partial charge in [-0.3, -0.25) is 28.8 Å². The van der Waals surface area contributed by atoms with E-state index in [1.54, 1.807) is 0 Å². The lowest BCUT2D eigenvalue weighted by Crippen LogP contribution is -2.71. The minimum Gasteiger partial charge on any atom is -0.479 e. The lowest BCUT2D eigenvalue weighted by molar-refractivity contribution is -0.384. The monoisotopic (exact) mass is 1230 g/mol. The Morgan fingerprint density at radius 1 is 0.500 bits per heavy atom. The van der Waals surface area contributed by atoms with E-state index in [9.17, 15) is 121 Å². The van der Waals surface area contributed by atoms with Gasteiger partial charge in [0.05, 0.1) is 18.1 Å². The molecule has 0 aromatic heterocycles. The Labute approximate surface area is 458 Å². The average molecular weight is 1230 g/mol. The van der Waals surface area contributed by atoms with Crippen molar-refractivity contribution in [3.63, 3.8) is 0 Å². The van der Waals surface area contributed by atoms with Crippen molar-refractivity contribution in [3.05, 3.63) is 34.4 Å². The molecule has 0 aliphatic carbocycles. The first kappa shape index (κ1) is 65.9. The zero-order valence-corrected chi connectivity index (χ0v) is 43.2. The molecule has 5 aliphatic rings. The maximum absolute atomic E-state index is 13.0. The van der Waals surface area contributed by atoms with Gasteiger partial charge in [0.2, 0.25) is 18.1 Å². The van der Waals surface area contributed by atoms with Crippen molar-refractivity contribution in [2.75, 3.05) is 13.2 Å². The number of nitro groups is 1. The van der Waals surface area contributed by atoms with Gasteiger partial charge in [-0.1, -0.05) is 0 Å². The number of benzene rings is 1. The largest absolute Gasteiger partial charge is 0.479 e. The quantitative estimate of drug-likeness (QED) is 0.0291. The number of nitrogens with one attached hydrogen (secondary N) is 2. The highest BCUT2D eigenvalue weighted by atomic mass is 32.3. The summed E-state index contributed by atoms with van der Waals surface area (Å²) in [5, 5.41) is 146. The first-order valence-corrected chi connectivity index (χ1v) is 26.2. The standard InChI is InChI=1S/C40H55N3O37S2/c1-9(44)41-15-26(74-39-23(52)19(48)20(49)30(78-39)33(55)56)17(46)13(7-69-81(63,64)65)72-36(15)77-29-22(51)25(54)40(80-32(29)35(59)60)75-27-16(42-10(2)45)37(73-14(18(27)47)8-70-82(66,67)68)76-28-21(50)24(53)38(79-31(28)34(57)58)71-12-5-3-11(4-6-12)43(61)62/h3-6,13-32,36-40,46-54H,7-8H2,1-2H3,(H,41,44)(H,42,45)(H,55,56)(H,57,58)(H,59,60)(H,63,64,65)(H,66,67,68)/t13?,14?,15?,16?,17-,18-,19-,20-,21+,22+,23?,24?,25?,26+,27+,28-,29-,30?,31?,32?,36-,37-,38+,39+,40+/m0/s1. The van der Waals surface area contributed by atoms with Crippen LogP contribution in [0.1, 0.15) is 13.8 Å². The van der Waals surface area contributed by atoms with Crippen molar-refractivity contribution in [1.29, 1.82) is 0 Å². The lowest BCUT2D eigenvalue weighted by atomic mass is 9.93. The summed E-state index contributed by atoms with van der Waals surface area (Å²) < 4.78 is 129. The van der Waals surface area contributed by atoms with Crippen molar-refractivity contribution >= 4 is 56.2 Å². The van der Waals surface area contributed by atoms with E-state index in [0.717, 1.165) is 38.1 Å². The Hall–Kier alpha value is -5.21. The minimum absolute atomic E-state index is 0.259. The first-order valence-electron chi connectivity index (χ1n) is 23.5. The number of carbonyl (C=O) groups is 5. The second-order valence-corrected chi connectivity index (χ2v) is 20.6. The molecule has 40 nitrogen and oxygen atoms in total. The van der Waals surface area contributed by atoms with Gasteiger partial charge < -0.3 is 119 Å². The van der Waals surface area contributed by atoms with Gasteiger partial charge >= 0.3 is 38.7 Å². The predicted octanol–water partition coefficient (Wildman–Crippen LogP) is -9.71. The number of hydrogen-bond donors (Lipinski definition) is 16. The Kier molecular flexibility index (Phi) is 21.5. The van der Waals surface area contributed by atoms with Crippen LogP contribution in [0.15, 0.2) is 24.3 Å². The van der Waals surface area contributed by atoms with E-state index in [-0.39, 0.29) is 5.75 Å². The third kappa shape index (κ3) is 15.8. The Balaban J connectivity index is 1.31. The van der Waals surface area contributed by atoms with Crippen LogP contribution in [0.3, 0.4) is 0 Å². The number of non-ortho nitro benzene ring substituents is 1. The maximum Gasteiger partial charge on any atom is 0.397 e. The van der Waals surface area contributed by atoms with Crippen molar-refractivity contribution in [2.45, 2.75) is 167 Å². The smallest absolute Gasteiger partial charge is 0.397 e. The van der Waals surface area contributed by atoms with E-state index in [4.69, 9.17) is 47.4 Å². The molecule has 0 bridgehead atoms. The van der Waals surface area contributed by atoms with Gasteiger partial charge in [-0.15, -0.1) is 0 Å². The van der Waals surface area contributed by atoms with E-state index in [0.29, 0.717) is 0 Å². The van der Waals surface area contributed by atoms with Gasteiger partial charge in [0.15, 0.2) is 43.5 Å². The third-order valence-corrected chi connectivity index (χ3v) is 13.6. The summed E-state index contributed by atoms with van der Waals surface area (Å²) in [5.41, 5.74) is -0.415. The van der Waals surface area contributed by atoms with Crippen molar-refractivity contribution in [1.82, 2.24) is 10.6 Å². The molecule has 2 amide bonds. The van der Waals surface area contributed by atoms with Gasteiger partial charge in [-0.05, 0) is 12.1 Å². The highest BCUT2D eigenvalue weighted by Gasteiger charge is 2.59. The van der Waals surface area contributed by atoms with Gasteiger partial charge in [-0.2, -0.15) is 16.8 Å². The number of nitrogens with zero attached hydrogens (tertiary/aromatic N) is 1. The number of aliphatic carboxylic acids is 3. The molecule has 0 spiro atoms. The number of carbonyl (C=O) groups excluding carboxylic acids is 2. The van der Waals surface area contributed by atoms with E-state index in [1.807, 2.05) is 0 Å². The second kappa shape index (κ2) is 26.8. The summed E-state index contributed by atoms with van der Waals surface area (Å²) in [5.74, 6) is -8.49. The normalized spacial score (nSPS) is 40.0. The molecule has 16 N–H and O–H groups in total. The van der Waals surface area contributed by atoms with E-state index in [1.165, 1.54) is 0 Å². The van der Waals surface area contributed by atoms with Crippen LogP contribution in [-0.2, 0) is 95.8 Å². The molecule has 5 fully saturated rings. The summed E-state index contributed by atoms with van der Waals surface area (Å²) in [6, 6.07) is -0.341. The number of rotatable bonds is 22. The highest BCUT2D eigenvalue weighted by Crippen LogP contribution is 2.37. The summed E-state index contributed by atoms with van der Waals surface area (Å²) in [6.07, 6.45) is -55.3. The molecule has 82 heavy (non-hydrogen) atoms.